The fourth-order valence-electron chi connectivity index (χ4n) is 2.16. The Morgan fingerprint density at radius 2 is 2.05 bits per heavy atom. The second kappa shape index (κ2) is 7.33. The zero-order chi connectivity index (χ0) is 14.4. The van der Waals surface area contributed by atoms with Crippen LogP contribution in [0.25, 0.3) is 0 Å². The molecule has 0 saturated heterocycles. The Labute approximate surface area is 113 Å². The number of nitrogens with one attached hydrogen (secondary N) is 1. The number of aliphatic hydroxyl groups is 1. The second-order valence-corrected chi connectivity index (χ2v) is 5.15. The molecule has 1 aliphatic rings. The number of aliphatic hydroxyl groups excluding tert-OH is 1. The van der Waals surface area contributed by atoms with Crippen molar-refractivity contribution in [1.82, 2.24) is 10.2 Å². The molecule has 6 heteroatoms. The zero-order valence-electron chi connectivity index (χ0n) is 11.6. The standard InChI is InChI=1S/C13H24N2O4/c1-3-9(2)11(12(17)18)14-13(19)15(7-8-16)10-5-4-6-10/h9-11,16H,3-8H2,1-2H3,(H,14,19)(H,17,18)/t9?,11-/m0/s1. The molecule has 1 fully saturated rings. The van der Waals surface area contributed by atoms with Crippen molar-refractivity contribution in [2.45, 2.75) is 51.6 Å². The van der Waals surface area contributed by atoms with Gasteiger partial charge in [0.25, 0.3) is 0 Å². The van der Waals surface area contributed by atoms with Crippen LogP contribution in [0.3, 0.4) is 0 Å². The molecule has 0 aromatic heterocycles. The quantitative estimate of drug-likeness (QED) is 0.646. The van der Waals surface area contributed by atoms with Gasteiger partial charge in [-0.2, -0.15) is 0 Å². The molecule has 19 heavy (non-hydrogen) atoms. The van der Waals surface area contributed by atoms with E-state index < -0.39 is 12.0 Å². The van der Waals surface area contributed by atoms with E-state index >= 15 is 0 Å². The van der Waals surface area contributed by atoms with E-state index in [0.717, 1.165) is 19.3 Å². The molecule has 1 rings (SSSR count). The highest BCUT2D eigenvalue weighted by Gasteiger charge is 2.32. The van der Waals surface area contributed by atoms with Crippen molar-refractivity contribution < 1.29 is 19.8 Å². The summed E-state index contributed by atoms with van der Waals surface area (Å²) in [5.74, 6) is -1.14. The molecule has 0 aromatic carbocycles. The van der Waals surface area contributed by atoms with Crippen LogP contribution in [0.2, 0.25) is 0 Å². The lowest BCUT2D eigenvalue weighted by Gasteiger charge is -2.38. The summed E-state index contributed by atoms with van der Waals surface area (Å²) < 4.78 is 0. The van der Waals surface area contributed by atoms with Gasteiger partial charge in [-0.05, 0) is 25.2 Å². The summed E-state index contributed by atoms with van der Waals surface area (Å²) in [5, 5.41) is 20.8. The zero-order valence-corrected chi connectivity index (χ0v) is 11.6. The first-order valence-electron chi connectivity index (χ1n) is 6.92. The van der Waals surface area contributed by atoms with E-state index in [0.29, 0.717) is 6.42 Å². The Morgan fingerprint density at radius 3 is 2.42 bits per heavy atom. The molecule has 0 heterocycles. The maximum Gasteiger partial charge on any atom is 0.326 e. The van der Waals surface area contributed by atoms with Crippen LogP contribution < -0.4 is 5.32 Å². The summed E-state index contributed by atoms with van der Waals surface area (Å²) in [6, 6.07) is -1.12. The molecule has 110 valence electrons. The average Bonchev–Trinajstić information content (AvgIpc) is 2.31. The lowest BCUT2D eigenvalue weighted by molar-refractivity contribution is -0.140. The number of urea groups is 1. The molecule has 1 saturated carbocycles. The third kappa shape index (κ3) is 4.09. The number of carbonyl (C=O) groups is 2. The van der Waals surface area contributed by atoms with Crippen molar-refractivity contribution in [3.05, 3.63) is 0 Å². The third-order valence-corrected chi connectivity index (χ3v) is 3.88. The van der Waals surface area contributed by atoms with E-state index in [2.05, 4.69) is 5.32 Å². The van der Waals surface area contributed by atoms with Crippen LogP contribution in [0.4, 0.5) is 4.79 Å². The lowest BCUT2D eigenvalue weighted by Crippen LogP contribution is -2.55. The highest BCUT2D eigenvalue weighted by atomic mass is 16.4. The Balaban J connectivity index is 2.64. The molecule has 1 aliphatic carbocycles. The molecule has 3 N–H and O–H groups in total. The van der Waals surface area contributed by atoms with Gasteiger partial charge < -0.3 is 20.4 Å². The molecule has 0 aromatic rings. The minimum Gasteiger partial charge on any atom is -0.480 e. The van der Waals surface area contributed by atoms with Gasteiger partial charge >= 0.3 is 12.0 Å². The predicted octanol–water partition coefficient (Wildman–Crippen LogP) is 1.04. The summed E-state index contributed by atoms with van der Waals surface area (Å²) in [4.78, 5) is 24.9. The smallest absolute Gasteiger partial charge is 0.326 e. The lowest BCUT2D eigenvalue weighted by atomic mass is 9.91. The fourth-order valence-corrected chi connectivity index (χ4v) is 2.16. The number of nitrogens with zero attached hydrogens (tertiary/aromatic N) is 1. The van der Waals surface area contributed by atoms with Crippen molar-refractivity contribution in [3.63, 3.8) is 0 Å². The molecule has 0 radical (unpaired) electrons. The molecule has 2 atom stereocenters. The van der Waals surface area contributed by atoms with Crippen LogP contribution in [0, 0.1) is 5.92 Å². The molecule has 6 nitrogen and oxygen atoms in total. The number of rotatable bonds is 7. The Morgan fingerprint density at radius 1 is 1.42 bits per heavy atom. The van der Waals surface area contributed by atoms with Gasteiger partial charge in [0.15, 0.2) is 0 Å². The minimum atomic E-state index is -1.01. The normalized spacial score (nSPS) is 18.3. The molecule has 0 spiro atoms. The van der Waals surface area contributed by atoms with Gasteiger partial charge in [-0.3, -0.25) is 0 Å². The first kappa shape index (κ1) is 15.8. The summed E-state index contributed by atoms with van der Waals surface area (Å²) >= 11 is 0. The highest BCUT2D eigenvalue weighted by molar-refractivity contribution is 5.83. The number of hydrogen-bond donors (Lipinski definition) is 3. The first-order chi connectivity index (χ1) is 9.01. The van der Waals surface area contributed by atoms with Gasteiger partial charge in [-0.25, -0.2) is 9.59 Å². The summed E-state index contributed by atoms with van der Waals surface area (Å²) in [6.45, 7) is 3.84. The predicted molar refractivity (Wildman–Crippen MR) is 70.8 cm³/mol. The van der Waals surface area contributed by atoms with Crippen LogP contribution in [0.15, 0.2) is 0 Å². The first-order valence-corrected chi connectivity index (χ1v) is 6.92. The number of carbonyl (C=O) groups excluding carboxylic acids is 1. The van der Waals surface area contributed by atoms with E-state index in [9.17, 15) is 9.59 Å². The van der Waals surface area contributed by atoms with Gasteiger partial charge in [0.1, 0.15) is 6.04 Å². The van der Waals surface area contributed by atoms with Crippen LogP contribution in [-0.2, 0) is 4.79 Å². The third-order valence-electron chi connectivity index (χ3n) is 3.88. The summed E-state index contributed by atoms with van der Waals surface area (Å²) in [5.41, 5.74) is 0. The Bertz CT molecular complexity index is 318. The van der Waals surface area contributed by atoms with Crippen molar-refractivity contribution in [3.8, 4) is 0 Å². The summed E-state index contributed by atoms with van der Waals surface area (Å²) in [7, 11) is 0. The number of carboxylic acid groups (broad SMARTS) is 1. The fraction of sp³-hybridized carbons (Fsp3) is 0.846. The number of carboxylic acids is 1. The second-order valence-electron chi connectivity index (χ2n) is 5.15. The molecule has 0 bridgehead atoms. The number of hydrogen-bond acceptors (Lipinski definition) is 3. The average molecular weight is 272 g/mol. The van der Waals surface area contributed by atoms with E-state index in [-0.39, 0.29) is 31.1 Å². The molecule has 2 amide bonds. The largest absolute Gasteiger partial charge is 0.480 e. The van der Waals surface area contributed by atoms with Crippen LogP contribution >= 0.6 is 0 Å². The van der Waals surface area contributed by atoms with E-state index in [4.69, 9.17) is 10.2 Å². The minimum absolute atomic E-state index is 0.106. The number of amides is 2. The van der Waals surface area contributed by atoms with E-state index in [1.165, 1.54) is 0 Å². The maximum atomic E-state index is 12.1. The van der Waals surface area contributed by atoms with Crippen molar-refractivity contribution in [2.75, 3.05) is 13.2 Å². The van der Waals surface area contributed by atoms with E-state index in [1.807, 2.05) is 6.92 Å². The van der Waals surface area contributed by atoms with Gasteiger partial charge in [0.05, 0.1) is 6.61 Å². The van der Waals surface area contributed by atoms with Crippen molar-refractivity contribution >= 4 is 12.0 Å². The van der Waals surface area contributed by atoms with Crippen LogP contribution in [-0.4, -0.2) is 52.3 Å². The van der Waals surface area contributed by atoms with Gasteiger partial charge in [0, 0.05) is 12.6 Å². The molecule has 1 unspecified atom stereocenters. The van der Waals surface area contributed by atoms with E-state index in [1.54, 1.807) is 11.8 Å². The van der Waals surface area contributed by atoms with Gasteiger partial charge in [0.2, 0.25) is 0 Å². The maximum absolute atomic E-state index is 12.1. The molecular weight excluding hydrogens is 248 g/mol. The van der Waals surface area contributed by atoms with Gasteiger partial charge in [-0.15, -0.1) is 0 Å². The van der Waals surface area contributed by atoms with Crippen LogP contribution in [0.1, 0.15) is 39.5 Å². The van der Waals surface area contributed by atoms with Crippen molar-refractivity contribution in [1.29, 1.82) is 0 Å². The number of aliphatic carboxylic acids is 1. The van der Waals surface area contributed by atoms with Crippen molar-refractivity contribution in [2.24, 2.45) is 5.92 Å². The monoisotopic (exact) mass is 272 g/mol. The Hall–Kier alpha value is -1.30. The SMILES string of the molecule is CCC(C)[C@H](NC(=O)N(CCO)C1CCC1)C(=O)O. The van der Waals surface area contributed by atoms with Gasteiger partial charge in [-0.1, -0.05) is 20.3 Å². The highest BCUT2D eigenvalue weighted by Crippen LogP contribution is 2.24. The Kier molecular flexibility index (Phi) is 6.08. The summed E-state index contributed by atoms with van der Waals surface area (Å²) in [6.07, 6.45) is 3.61. The van der Waals surface area contributed by atoms with Crippen LogP contribution in [0.5, 0.6) is 0 Å². The topological polar surface area (TPSA) is 89.9 Å². The molecule has 0 aliphatic heterocycles. The molecular formula is C13H24N2O4.